The van der Waals surface area contributed by atoms with E-state index in [9.17, 15) is 4.39 Å². The lowest BCUT2D eigenvalue weighted by molar-refractivity contribution is 0.323. The number of ether oxygens (including phenoxy) is 1. The van der Waals surface area contributed by atoms with Gasteiger partial charge in [0, 0.05) is 12.6 Å². The fraction of sp³-hybridized carbons (Fsp3) is 0.286. The highest BCUT2D eigenvalue weighted by molar-refractivity contribution is 14.1. The number of hydrogen-bond acceptors (Lipinski definition) is 3. The summed E-state index contributed by atoms with van der Waals surface area (Å²) in [6.07, 6.45) is 1.35. The van der Waals surface area contributed by atoms with Crippen LogP contribution < -0.4 is 10.5 Å². The van der Waals surface area contributed by atoms with Crippen LogP contribution in [-0.2, 0) is 0 Å². The molecule has 0 fully saturated rings. The van der Waals surface area contributed by atoms with Crippen molar-refractivity contribution in [1.29, 1.82) is 0 Å². The van der Waals surface area contributed by atoms with Gasteiger partial charge in [-0.3, -0.25) is 0 Å². The molecule has 0 amide bonds. The molecule has 0 spiro atoms. The summed E-state index contributed by atoms with van der Waals surface area (Å²) in [4.78, 5) is 3.46. The van der Waals surface area contributed by atoms with Crippen LogP contribution in [0.4, 0.5) is 4.39 Å². The molecule has 1 rings (SSSR count). The summed E-state index contributed by atoms with van der Waals surface area (Å²) in [5.74, 6) is 0.0712. The van der Waals surface area contributed by atoms with Crippen LogP contribution in [0, 0.1) is 9.52 Å². The second kappa shape index (κ2) is 4.56. The van der Waals surface area contributed by atoms with Gasteiger partial charge in [0.2, 0.25) is 5.95 Å². The Morgan fingerprint density at radius 3 is 3.00 bits per heavy atom. The minimum Gasteiger partial charge on any atom is -0.490 e. The van der Waals surface area contributed by atoms with E-state index in [1.54, 1.807) is 0 Å². The van der Waals surface area contributed by atoms with Gasteiger partial charge in [-0.15, -0.1) is 0 Å². The van der Waals surface area contributed by atoms with E-state index in [4.69, 9.17) is 10.5 Å². The highest BCUT2D eigenvalue weighted by atomic mass is 127. The monoisotopic (exact) mass is 282 g/mol. The molecule has 0 saturated carbocycles. The third-order valence-corrected chi connectivity index (χ3v) is 2.00. The number of nitrogens with zero attached hydrogens (tertiary/aromatic N) is 1. The predicted octanol–water partition coefficient (Wildman–Crippen LogP) is 1.16. The Hall–Kier alpha value is -0.430. The zero-order valence-electron chi connectivity index (χ0n) is 6.26. The molecule has 5 heteroatoms. The molecule has 1 aromatic rings. The second-order valence-electron chi connectivity index (χ2n) is 2.07. The maximum absolute atomic E-state index is 12.5. The van der Waals surface area contributed by atoms with E-state index in [0.29, 0.717) is 22.5 Å². The summed E-state index contributed by atoms with van der Waals surface area (Å²) in [5, 5.41) is 0. The molecule has 3 nitrogen and oxygen atoms in total. The van der Waals surface area contributed by atoms with Crippen molar-refractivity contribution in [3.05, 3.63) is 21.8 Å². The Labute approximate surface area is 83.3 Å². The molecule has 0 aliphatic rings. The molecule has 0 saturated heterocycles. The summed E-state index contributed by atoms with van der Waals surface area (Å²) in [7, 11) is 0. The molecule has 2 N–H and O–H groups in total. The van der Waals surface area contributed by atoms with Gasteiger partial charge in [-0.1, -0.05) is 0 Å². The van der Waals surface area contributed by atoms with Crippen molar-refractivity contribution in [1.82, 2.24) is 4.98 Å². The largest absolute Gasteiger partial charge is 0.490 e. The molecule has 0 bridgehead atoms. The van der Waals surface area contributed by atoms with Gasteiger partial charge in [-0.25, -0.2) is 4.98 Å². The molecule has 0 aliphatic carbocycles. The fourth-order valence-electron chi connectivity index (χ4n) is 0.670. The minimum atomic E-state index is -0.500. The van der Waals surface area contributed by atoms with Gasteiger partial charge >= 0.3 is 0 Å². The van der Waals surface area contributed by atoms with E-state index >= 15 is 0 Å². The van der Waals surface area contributed by atoms with E-state index in [-0.39, 0.29) is 0 Å². The number of halogens is 2. The van der Waals surface area contributed by atoms with Gasteiger partial charge in [-0.05, 0) is 22.6 Å². The highest BCUT2D eigenvalue weighted by Gasteiger charge is 2.02. The van der Waals surface area contributed by atoms with Crippen LogP contribution in [0.25, 0.3) is 0 Å². The average molecular weight is 282 g/mol. The van der Waals surface area contributed by atoms with Gasteiger partial charge in [0.15, 0.2) is 5.75 Å². The number of nitrogens with two attached hydrogens (primary N) is 1. The summed E-state index contributed by atoms with van der Waals surface area (Å²) < 4.78 is 18.4. The molecule has 0 aromatic carbocycles. The topological polar surface area (TPSA) is 48.1 Å². The SMILES string of the molecule is NCCOc1cnc(F)cc1I. The van der Waals surface area contributed by atoms with E-state index in [0.717, 1.165) is 0 Å². The average Bonchev–Trinajstić information content (AvgIpc) is 2.03. The van der Waals surface area contributed by atoms with Crippen LogP contribution in [0.5, 0.6) is 5.75 Å². The summed E-state index contributed by atoms with van der Waals surface area (Å²) in [6, 6.07) is 1.31. The molecule has 0 unspecified atom stereocenters. The standard InChI is InChI=1S/C7H8FIN2O/c8-7-3-5(9)6(4-11-7)12-2-1-10/h3-4H,1-2,10H2. The third kappa shape index (κ3) is 2.56. The summed E-state index contributed by atoms with van der Waals surface area (Å²) in [5.41, 5.74) is 5.23. The molecular weight excluding hydrogens is 274 g/mol. The number of hydrogen-bond donors (Lipinski definition) is 1. The number of pyridine rings is 1. The van der Waals surface area contributed by atoms with Crippen molar-refractivity contribution < 1.29 is 9.13 Å². The van der Waals surface area contributed by atoms with E-state index in [1.165, 1.54) is 12.3 Å². The zero-order chi connectivity index (χ0) is 8.97. The number of aromatic nitrogens is 1. The molecule has 1 heterocycles. The molecule has 1 aromatic heterocycles. The minimum absolute atomic E-state index is 0.420. The van der Waals surface area contributed by atoms with E-state index in [1.807, 2.05) is 22.6 Å². The lowest BCUT2D eigenvalue weighted by Crippen LogP contribution is -2.11. The molecule has 0 atom stereocenters. The summed E-state index contributed by atoms with van der Waals surface area (Å²) in [6.45, 7) is 0.858. The van der Waals surface area contributed by atoms with E-state index < -0.39 is 5.95 Å². The van der Waals surface area contributed by atoms with Gasteiger partial charge in [0.25, 0.3) is 0 Å². The van der Waals surface area contributed by atoms with Crippen molar-refractivity contribution >= 4 is 22.6 Å². The van der Waals surface area contributed by atoms with Crippen LogP contribution in [0.1, 0.15) is 0 Å². The molecular formula is C7H8FIN2O. The molecule has 12 heavy (non-hydrogen) atoms. The zero-order valence-corrected chi connectivity index (χ0v) is 8.42. The van der Waals surface area contributed by atoms with Crippen molar-refractivity contribution in [2.75, 3.05) is 13.2 Å². The fourth-order valence-corrected chi connectivity index (χ4v) is 1.22. The highest BCUT2D eigenvalue weighted by Crippen LogP contribution is 2.19. The van der Waals surface area contributed by atoms with Gasteiger partial charge in [-0.2, -0.15) is 4.39 Å². The van der Waals surface area contributed by atoms with Crippen molar-refractivity contribution in [3.63, 3.8) is 0 Å². The lowest BCUT2D eigenvalue weighted by Gasteiger charge is -2.05. The van der Waals surface area contributed by atoms with E-state index in [2.05, 4.69) is 4.98 Å². The lowest BCUT2D eigenvalue weighted by atomic mass is 10.4. The normalized spacial score (nSPS) is 9.92. The first-order valence-corrected chi connectivity index (χ1v) is 4.46. The van der Waals surface area contributed by atoms with Crippen LogP contribution in [0.15, 0.2) is 12.3 Å². The van der Waals surface area contributed by atoms with Crippen molar-refractivity contribution in [3.8, 4) is 5.75 Å². The molecule has 66 valence electrons. The van der Waals surface area contributed by atoms with Crippen LogP contribution in [0.2, 0.25) is 0 Å². The second-order valence-corrected chi connectivity index (χ2v) is 3.24. The molecule has 0 radical (unpaired) electrons. The molecule has 0 aliphatic heterocycles. The first kappa shape index (κ1) is 9.66. The Kier molecular flexibility index (Phi) is 3.67. The maximum atomic E-state index is 12.5. The van der Waals surface area contributed by atoms with Gasteiger partial charge in [0.1, 0.15) is 6.61 Å². The maximum Gasteiger partial charge on any atom is 0.214 e. The van der Waals surface area contributed by atoms with Gasteiger partial charge < -0.3 is 10.5 Å². The first-order chi connectivity index (χ1) is 5.74. The Morgan fingerprint density at radius 1 is 1.67 bits per heavy atom. The van der Waals surface area contributed by atoms with Crippen LogP contribution in [0.3, 0.4) is 0 Å². The van der Waals surface area contributed by atoms with Gasteiger partial charge in [0.05, 0.1) is 9.77 Å². The quantitative estimate of drug-likeness (QED) is 0.668. The Balaban J connectivity index is 2.72. The summed E-state index contributed by atoms with van der Waals surface area (Å²) >= 11 is 1.98. The van der Waals surface area contributed by atoms with Crippen LogP contribution in [-0.4, -0.2) is 18.1 Å². The van der Waals surface area contributed by atoms with Crippen LogP contribution >= 0.6 is 22.6 Å². The smallest absolute Gasteiger partial charge is 0.214 e. The third-order valence-electron chi connectivity index (χ3n) is 1.16. The Morgan fingerprint density at radius 2 is 2.42 bits per heavy atom. The van der Waals surface area contributed by atoms with Crippen molar-refractivity contribution in [2.24, 2.45) is 5.73 Å². The first-order valence-electron chi connectivity index (χ1n) is 3.38. The van der Waals surface area contributed by atoms with Crippen molar-refractivity contribution in [2.45, 2.75) is 0 Å². The number of rotatable bonds is 3. The Bertz CT molecular complexity index is 270. The predicted molar refractivity (Wildman–Crippen MR) is 51.5 cm³/mol.